The van der Waals surface area contributed by atoms with Gasteiger partial charge in [-0.15, -0.1) is 35.3 Å². The molecular formula is C21H36IN5O2S. The van der Waals surface area contributed by atoms with Gasteiger partial charge in [0.1, 0.15) is 10.6 Å². The van der Waals surface area contributed by atoms with E-state index in [0.717, 1.165) is 43.4 Å². The van der Waals surface area contributed by atoms with Gasteiger partial charge >= 0.3 is 6.09 Å². The van der Waals surface area contributed by atoms with Crippen LogP contribution in [0.5, 0.6) is 0 Å². The van der Waals surface area contributed by atoms with Gasteiger partial charge in [-0.2, -0.15) is 0 Å². The van der Waals surface area contributed by atoms with E-state index in [4.69, 9.17) is 4.74 Å². The summed E-state index contributed by atoms with van der Waals surface area (Å²) >= 11 is 1.71. The molecule has 0 bridgehead atoms. The highest BCUT2D eigenvalue weighted by molar-refractivity contribution is 14.0. The lowest BCUT2D eigenvalue weighted by Gasteiger charge is -2.40. The van der Waals surface area contributed by atoms with Gasteiger partial charge in [-0.3, -0.25) is 4.99 Å². The molecule has 0 aromatic carbocycles. The molecule has 0 radical (unpaired) electrons. The lowest BCUT2D eigenvalue weighted by atomic mass is 10.0. The number of nitrogens with one attached hydrogen (secondary N) is 1. The zero-order chi connectivity index (χ0) is 21.0. The molecule has 3 rings (SSSR count). The molecule has 1 amide bonds. The number of thiazole rings is 1. The van der Waals surface area contributed by atoms with E-state index in [9.17, 15) is 4.79 Å². The van der Waals surface area contributed by atoms with Crippen LogP contribution in [0.4, 0.5) is 4.79 Å². The molecule has 1 saturated carbocycles. The Kier molecular flexibility index (Phi) is 9.20. The van der Waals surface area contributed by atoms with Crippen molar-refractivity contribution in [1.82, 2.24) is 20.1 Å². The first-order valence-electron chi connectivity index (χ1n) is 10.6. The molecule has 2 heterocycles. The number of aryl methyl sites for hydroxylation is 1. The summed E-state index contributed by atoms with van der Waals surface area (Å²) in [6.45, 7) is 11.1. The number of rotatable bonds is 5. The van der Waals surface area contributed by atoms with E-state index >= 15 is 0 Å². The first-order chi connectivity index (χ1) is 13.7. The summed E-state index contributed by atoms with van der Waals surface area (Å²) in [4.78, 5) is 27.2. The summed E-state index contributed by atoms with van der Waals surface area (Å²) in [7, 11) is 1.82. The number of carbonyl (C=O) groups is 1. The Morgan fingerprint density at radius 2 is 2.00 bits per heavy atom. The average Bonchev–Trinajstić information content (AvgIpc) is 3.39. The second-order valence-corrected chi connectivity index (χ2v) is 10.4. The van der Waals surface area contributed by atoms with Crippen LogP contribution in [0.15, 0.2) is 11.2 Å². The quantitative estimate of drug-likeness (QED) is 0.338. The van der Waals surface area contributed by atoms with Gasteiger partial charge in [0, 0.05) is 43.8 Å². The molecule has 0 spiro atoms. The molecule has 2 fully saturated rings. The first kappa shape index (κ1) is 25.2. The fourth-order valence-corrected chi connectivity index (χ4v) is 4.36. The van der Waals surface area contributed by atoms with E-state index in [2.05, 4.69) is 27.1 Å². The third kappa shape index (κ3) is 7.55. The fraction of sp³-hybridized carbons (Fsp3) is 0.762. The number of ether oxygens (including phenoxy) is 1. The number of guanidine groups is 1. The number of aliphatic imine (C=N–C) groups is 1. The number of aromatic nitrogens is 1. The van der Waals surface area contributed by atoms with Gasteiger partial charge < -0.3 is 19.9 Å². The van der Waals surface area contributed by atoms with Gasteiger partial charge in [0.2, 0.25) is 0 Å². The highest BCUT2D eigenvalue weighted by Gasteiger charge is 2.35. The Balaban J connectivity index is 0.00000320. The van der Waals surface area contributed by atoms with Gasteiger partial charge in [0.05, 0.1) is 6.54 Å². The zero-order valence-electron chi connectivity index (χ0n) is 18.8. The molecule has 0 unspecified atom stereocenters. The van der Waals surface area contributed by atoms with Gasteiger partial charge in [-0.05, 0) is 59.3 Å². The molecular weight excluding hydrogens is 513 g/mol. The molecule has 0 atom stereocenters. The summed E-state index contributed by atoms with van der Waals surface area (Å²) in [5.41, 5.74) is -0.459. The average molecular weight is 550 g/mol. The third-order valence-corrected chi connectivity index (χ3v) is 6.18. The van der Waals surface area contributed by atoms with Crippen molar-refractivity contribution in [3.63, 3.8) is 0 Å². The first-order valence-corrected chi connectivity index (χ1v) is 11.4. The second kappa shape index (κ2) is 11.0. The standard InChI is InChI=1S/C21H35N5O2S.HI/c1-15-12-23-18(29-15)13-24-19(22-5)25-10-8-17(9-11-25)26(14-16-6-7-16)20(27)28-21(2,3)4;/h12,16-17H,6-11,13-14H2,1-5H3,(H,22,24);1H. The minimum absolute atomic E-state index is 0. The number of hydrogen-bond acceptors (Lipinski definition) is 5. The Labute approximate surface area is 201 Å². The van der Waals surface area contributed by atoms with Crippen molar-refractivity contribution in [1.29, 1.82) is 0 Å². The smallest absolute Gasteiger partial charge is 0.410 e. The molecule has 1 aliphatic heterocycles. The van der Waals surface area contributed by atoms with Gasteiger partial charge in [0.25, 0.3) is 0 Å². The van der Waals surface area contributed by atoms with E-state index in [0.29, 0.717) is 12.5 Å². The van der Waals surface area contributed by atoms with Crippen LogP contribution >= 0.6 is 35.3 Å². The minimum Gasteiger partial charge on any atom is -0.444 e. The minimum atomic E-state index is -0.459. The van der Waals surface area contributed by atoms with Crippen molar-refractivity contribution in [2.45, 2.75) is 71.6 Å². The van der Waals surface area contributed by atoms with Crippen molar-refractivity contribution in [2.24, 2.45) is 10.9 Å². The maximum absolute atomic E-state index is 12.8. The van der Waals surface area contributed by atoms with Gasteiger partial charge in [0.15, 0.2) is 5.96 Å². The van der Waals surface area contributed by atoms with Crippen LogP contribution in [-0.2, 0) is 11.3 Å². The van der Waals surface area contributed by atoms with E-state index in [1.165, 1.54) is 17.7 Å². The van der Waals surface area contributed by atoms with Crippen LogP contribution in [0.2, 0.25) is 0 Å². The Hall–Kier alpha value is -1.10. The van der Waals surface area contributed by atoms with Gasteiger partial charge in [-0.25, -0.2) is 9.78 Å². The predicted octanol–water partition coefficient (Wildman–Crippen LogP) is 4.26. The van der Waals surface area contributed by atoms with E-state index in [1.54, 1.807) is 11.3 Å². The molecule has 9 heteroatoms. The number of hydrogen-bond donors (Lipinski definition) is 1. The van der Waals surface area contributed by atoms with Crippen molar-refractivity contribution in [2.75, 3.05) is 26.7 Å². The van der Waals surface area contributed by atoms with Crippen molar-refractivity contribution in [3.05, 3.63) is 16.1 Å². The summed E-state index contributed by atoms with van der Waals surface area (Å²) in [6, 6.07) is 0.237. The van der Waals surface area contributed by atoms with Crippen molar-refractivity contribution >= 4 is 47.4 Å². The molecule has 170 valence electrons. The number of halogens is 1. The molecule has 1 N–H and O–H groups in total. The Morgan fingerprint density at radius 1 is 1.33 bits per heavy atom. The predicted molar refractivity (Wildman–Crippen MR) is 133 cm³/mol. The summed E-state index contributed by atoms with van der Waals surface area (Å²) < 4.78 is 5.70. The van der Waals surface area contributed by atoms with Crippen molar-refractivity contribution < 1.29 is 9.53 Å². The van der Waals surface area contributed by atoms with Gasteiger partial charge in [-0.1, -0.05) is 0 Å². The molecule has 2 aliphatic rings. The maximum atomic E-state index is 12.8. The SMILES string of the molecule is CN=C(NCc1ncc(C)s1)N1CCC(N(CC2CC2)C(=O)OC(C)(C)C)CC1.I. The van der Waals surface area contributed by atoms with Crippen LogP contribution in [0.1, 0.15) is 56.3 Å². The number of amides is 1. The summed E-state index contributed by atoms with van der Waals surface area (Å²) in [5.74, 6) is 1.55. The highest BCUT2D eigenvalue weighted by atomic mass is 127. The largest absolute Gasteiger partial charge is 0.444 e. The molecule has 7 nitrogen and oxygen atoms in total. The molecule has 30 heavy (non-hydrogen) atoms. The Bertz CT molecular complexity index is 721. The molecule has 1 aliphatic carbocycles. The highest BCUT2D eigenvalue weighted by Crippen LogP contribution is 2.32. The van der Waals surface area contributed by atoms with E-state index < -0.39 is 5.60 Å². The number of piperidine rings is 1. The van der Waals surface area contributed by atoms with E-state index in [-0.39, 0.29) is 36.1 Å². The lowest BCUT2D eigenvalue weighted by Crippen LogP contribution is -2.52. The normalized spacial score (nSPS) is 18.0. The molecule has 1 aromatic heterocycles. The zero-order valence-corrected chi connectivity index (χ0v) is 22.0. The maximum Gasteiger partial charge on any atom is 0.410 e. The molecule has 1 aromatic rings. The second-order valence-electron chi connectivity index (χ2n) is 9.06. The van der Waals surface area contributed by atoms with Crippen LogP contribution in [0.3, 0.4) is 0 Å². The van der Waals surface area contributed by atoms with Crippen molar-refractivity contribution in [3.8, 4) is 0 Å². The number of likely N-dealkylation sites (tertiary alicyclic amines) is 1. The fourth-order valence-electron chi connectivity index (χ4n) is 3.63. The lowest BCUT2D eigenvalue weighted by molar-refractivity contribution is 0.00928. The van der Waals surface area contributed by atoms with Crippen LogP contribution in [0.25, 0.3) is 0 Å². The topological polar surface area (TPSA) is 70.1 Å². The monoisotopic (exact) mass is 549 g/mol. The third-order valence-electron chi connectivity index (χ3n) is 5.26. The Morgan fingerprint density at radius 3 is 2.50 bits per heavy atom. The van der Waals surface area contributed by atoms with E-state index in [1.807, 2.05) is 38.9 Å². The van der Waals surface area contributed by atoms with Crippen LogP contribution < -0.4 is 5.32 Å². The number of nitrogens with zero attached hydrogens (tertiary/aromatic N) is 4. The molecule has 1 saturated heterocycles. The number of carbonyl (C=O) groups excluding carboxylic acids is 1. The van der Waals surface area contributed by atoms with Crippen LogP contribution in [0, 0.1) is 12.8 Å². The van der Waals surface area contributed by atoms with Crippen LogP contribution in [-0.4, -0.2) is 65.2 Å². The summed E-state index contributed by atoms with van der Waals surface area (Å²) in [6.07, 6.45) is 6.06. The summed E-state index contributed by atoms with van der Waals surface area (Å²) in [5, 5.41) is 4.50.